The van der Waals surface area contributed by atoms with E-state index in [1.54, 1.807) is 0 Å². The molecule has 5 heteroatoms. The zero-order valence-electron chi connectivity index (χ0n) is 16.3. The van der Waals surface area contributed by atoms with Gasteiger partial charge in [-0.25, -0.2) is 0 Å². The van der Waals surface area contributed by atoms with Crippen LogP contribution in [0.15, 0.2) is 0 Å². The Hall–Kier alpha value is 0.340. The molecule has 0 bridgehead atoms. The van der Waals surface area contributed by atoms with Gasteiger partial charge in [0.2, 0.25) is 0 Å². The normalized spacial score (nSPS) is 14.6. The van der Waals surface area contributed by atoms with Crippen molar-refractivity contribution in [3.8, 4) is 0 Å². The molecule has 23 heavy (non-hydrogen) atoms. The maximum atomic E-state index is 12.5. The van der Waals surface area contributed by atoms with E-state index < -0.39 is 16.9 Å². The second kappa shape index (κ2) is 11.1. The minimum absolute atomic E-state index is 0.194. The predicted octanol–water partition coefficient (Wildman–Crippen LogP) is 6.02. The van der Waals surface area contributed by atoms with Gasteiger partial charge in [0.05, 0.1) is 0 Å². The first-order valence-electron chi connectivity index (χ1n) is 9.77. The second-order valence-corrected chi connectivity index (χ2v) is 15.3. The summed E-state index contributed by atoms with van der Waals surface area (Å²) in [7, 11) is -3.39. The number of hydrogen-bond acceptors (Lipinski definition) is 3. The van der Waals surface area contributed by atoms with Gasteiger partial charge in [0.1, 0.15) is 0 Å². The summed E-state index contributed by atoms with van der Waals surface area (Å²) in [5.74, 6) is 0.194. The van der Waals surface area contributed by atoms with Crippen LogP contribution in [0.3, 0.4) is 0 Å². The van der Waals surface area contributed by atoms with Crippen LogP contribution in [0.5, 0.6) is 0 Å². The van der Waals surface area contributed by atoms with E-state index in [0.29, 0.717) is 0 Å². The van der Waals surface area contributed by atoms with Crippen LogP contribution in [0.1, 0.15) is 86.0 Å². The molecule has 0 aromatic heterocycles. The predicted molar refractivity (Wildman–Crippen MR) is 107 cm³/mol. The van der Waals surface area contributed by atoms with Crippen molar-refractivity contribution in [3.63, 3.8) is 0 Å². The molecule has 0 heterocycles. The number of hydrogen-bond donors (Lipinski definition) is 0. The van der Waals surface area contributed by atoms with Gasteiger partial charge < -0.3 is 0 Å². The molecule has 0 rings (SSSR count). The monoisotopic (exact) mass is 368 g/mol. The molecule has 0 fully saturated rings. The van der Waals surface area contributed by atoms with E-state index in [2.05, 4.69) is 34.6 Å². The van der Waals surface area contributed by atoms with Crippen LogP contribution in [0.25, 0.3) is 0 Å². The zero-order chi connectivity index (χ0) is 17.8. The third kappa shape index (κ3) is 7.84. The van der Waals surface area contributed by atoms with E-state index in [0.717, 1.165) is 43.9 Å². The molecule has 0 radical (unpaired) electrons. The molecular weight excluding hydrogens is 327 g/mol. The standard InChI is InChI=1S/C18H41O3PS/c1-6-11-12-13-14-15-16-17-18-23(19,20)21-22(7-2,8-3,9-4)10-5/h6-18H2,1-5H3. The Morgan fingerprint density at radius 3 is 1.43 bits per heavy atom. The Bertz CT molecular complexity index is 379. The quantitative estimate of drug-likeness (QED) is 0.262. The first-order chi connectivity index (χ1) is 10.8. The van der Waals surface area contributed by atoms with Crippen LogP contribution in [-0.4, -0.2) is 38.8 Å². The van der Waals surface area contributed by atoms with Crippen LogP contribution in [0.4, 0.5) is 0 Å². The molecule has 0 aromatic carbocycles. The Balaban J connectivity index is 4.33. The van der Waals surface area contributed by atoms with Crippen LogP contribution in [0, 0.1) is 0 Å². The van der Waals surface area contributed by atoms with Gasteiger partial charge in [0.25, 0.3) is 0 Å². The molecule has 142 valence electrons. The fourth-order valence-electron chi connectivity index (χ4n) is 3.32. The molecular formula is C18H41O3PS. The van der Waals surface area contributed by atoms with Crippen molar-refractivity contribution in [2.24, 2.45) is 0 Å². The molecule has 0 aliphatic rings. The second-order valence-electron chi connectivity index (χ2n) is 6.93. The van der Waals surface area contributed by atoms with Gasteiger partial charge >= 0.3 is 146 Å². The van der Waals surface area contributed by atoms with E-state index in [1.807, 2.05) is 0 Å². The van der Waals surface area contributed by atoms with E-state index in [1.165, 1.54) is 32.1 Å². The first-order valence-corrected chi connectivity index (χ1v) is 14.2. The molecule has 0 aromatic rings. The van der Waals surface area contributed by atoms with Crippen molar-refractivity contribution >= 4 is 16.9 Å². The SMILES string of the molecule is CCCCCCCCCCS(=O)(=O)OP(CC)(CC)(CC)CC. The summed E-state index contributed by atoms with van der Waals surface area (Å²) in [6.07, 6.45) is 12.8. The zero-order valence-corrected chi connectivity index (χ0v) is 18.0. The van der Waals surface area contributed by atoms with Gasteiger partial charge in [-0.3, -0.25) is 0 Å². The maximum absolute atomic E-state index is 12.5. The van der Waals surface area contributed by atoms with Gasteiger partial charge in [-0.15, -0.1) is 0 Å². The summed E-state index contributed by atoms with van der Waals surface area (Å²) in [4.78, 5) is 0. The average Bonchev–Trinajstić information content (AvgIpc) is 2.56. The van der Waals surface area contributed by atoms with E-state index in [-0.39, 0.29) is 5.75 Å². The van der Waals surface area contributed by atoms with Gasteiger partial charge in [-0.1, -0.05) is 0 Å². The topological polar surface area (TPSA) is 43.4 Å². The summed E-state index contributed by atoms with van der Waals surface area (Å²) >= 11 is 0. The van der Waals surface area contributed by atoms with Crippen molar-refractivity contribution in [2.45, 2.75) is 86.0 Å². The molecule has 0 saturated heterocycles. The molecule has 0 saturated carbocycles. The molecule has 3 nitrogen and oxygen atoms in total. The number of unbranched alkanes of at least 4 members (excludes halogenated alkanes) is 7. The Kier molecular flexibility index (Phi) is 11.2. The van der Waals surface area contributed by atoms with Crippen LogP contribution in [0.2, 0.25) is 0 Å². The molecule has 0 unspecified atom stereocenters. The Morgan fingerprint density at radius 1 is 0.652 bits per heavy atom. The van der Waals surface area contributed by atoms with Crippen LogP contribution < -0.4 is 0 Å². The van der Waals surface area contributed by atoms with Gasteiger partial charge in [0.15, 0.2) is 0 Å². The summed E-state index contributed by atoms with van der Waals surface area (Å²) in [6, 6.07) is 0. The third-order valence-electron chi connectivity index (χ3n) is 5.77. The molecule has 0 spiro atoms. The van der Waals surface area contributed by atoms with Crippen molar-refractivity contribution in [1.82, 2.24) is 0 Å². The minimum atomic E-state index is -3.39. The van der Waals surface area contributed by atoms with Gasteiger partial charge in [-0.05, 0) is 0 Å². The Morgan fingerprint density at radius 2 is 1.04 bits per heavy atom. The van der Waals surface area contributed by atoms with Crippen molar-refractivity contribution in [2.75, 3.05) is 30.4 Å². The third-order valence-corrected chi connectivity index (χ3v) is 15.6. The van der Waals surface area contributed by atoms with Crippen molar-refractivity contribution in [3.05, 3.63) is 0 Å². The molecule has 0 aliphatic heterocycles. The van der Waals surface area contributed by atoms with E-state index in [4.69, 9.17) is 3.97 Å². The van der Waals surface area contributed by atoms with Crippen LogP contribution >= 0.6 is 6.83 Å². The van der Waals surface area contributed by atoms with Gasteiger partial charge in [-0.2, -0.15) is 0 Å². The summed E-state index contributed by atoms with van der Waals surface area (Å²) in [5.41, 5.74) is 0. The van der Waals surface area contributed by atoms with E-state index >= 15 is 0 Å². The van der Waals surface area contributed by atoms with Crippen molar-refractivity contribution < 1.29 is 12.4 Å². The Labute approximate surface area is 146 Å². The fourth-order valence-corrected chi connectivity index (χ4v) is 11.1. The summed E-state index contributed by atoms with van der Waals surface area (Å²) < 4.78 is 30.9. The first kappa shape index (κ1) is 23.3. The van der Waals surface area contributed by atoms with Crippen molar-refractivity contribution in [1.29, 1.82) is 0 Å². The van der Waals surface area contributed by atoms with Gasteiger partial charge in [0, 0.05) is 0 Å². The fraction of sp³-hybridized carbons (Fsp3) is 1.00. The van der Waals surface area contributed by atoms with Crippen LogP contribution in [-0.2, 0) is 14.1 Å². The molecule has 0 N–H and O–H groups in total. The molecule has 0 aliphatic carbocycles. The number of rotatable bonds is 15. The van der Waals surface area contributed by atoms with E-state index in [9.17, 15) is 8.42 Å². The molecule has 0 atom stereocenters. The summed E-state index contributed by atoms with van der Waals surface area (Å²) in [5, 5.41) is 0. The summed E-state index contributed by atoms with van der Waals surface area (Å²) in [6.45, 7) is 8.08. The average molecular weight is 369 g/mol. The molecule has 0 amide bonds.